The molecule has 0 amide bonds. The molecule has 0 aliphatic heterocycles. The first-order valence-corrected chi connectivity index (χ1v) is 4.45. The lowest BCUT2D eigenvalue weighted by atomic mass is 10.2. The molecule has 1 aromatic heterocycles. The normalized spacial score (nSPS) is 13.2. The van der Waals surface area contributed by atoms with E-state index in [0.717, 1.165) is 12.1 Å². The minimum atomic E-state index is 0.162. The molecule has 5 nitrogen and oxygen atoms in total. The number of aryl methyl sites for hydroxylation is 1. The summed E-state index contributed by atoms with van der Waals surface area (Å²) in [6.07, 6.45) is 2.64. The molecule has 0 bridgehead atoms. The molecule has 74 valence electrons. The SMILES string of the molecule is CC[C@@H](CO)NCc1cnnn1C. The van der Waals surface area contributed by atoms with E-state index in [1.807, 2.05) is 14.0 Å². The maximum absolute atomic E-state index is 8.92. The van der Waals surface area contributed by atoms with Crippen molar-refractivity contribution < 1.29 is 5.11 Å². The zero-order chi connectivity index (χ0) is 9.68. The van der Waals surface area contributed by atoms with Gasteiger partial charge in [0.1, 0.15) is 0 Å². The van der Waals surface area contributed by atoms with E-state index < -0.39 is 0 Å². The molecule has 2 N–H and O–H groups in total. The van der Waals surface area contributed by atoms with Crippen molar-refractivity contribution >= 4 is 0 Å². The minimum absolute atomic E-state index is 0.162. The summed E-state index contributed by atoms with van der Waals surface area (Å²) in [5.74, 6) is 0. The summed E-state index contributed by atoms with van der Waals surface area (Å²) in [7, 11) is 1.85. The Hall–Kier alpha value is -0.940. The van der Waals surface area contributed by atoms with E-state index in [2.05, 4.69) is 15.6 Å². The Morgan fingerprint density at radius 3 is 2.92 bits per heavy atom. The molecule has 5 heteroatoms. The second-order valence-electron chi connectivity index (χ2n) is 3.02. The van der Waals surface area contributed by atoms with Gasteiger partial charge in [0.05, 0.1) is 18.5 Å². The predicted octanol–water partition coefficient (Wildman–Crippen LogP) is -0.324. The van der Waals surface area contributed by atoms with E-state index in [-0.39, 0.29) is 12.6 Å². The van der Waals surface area contributed by atoms with Gasteiger partial charge in [-0.2, -0.15) is 0 Å². The van der Waals surface area contributed by atoms with Crippen LogP contribution in [0.15, 0.2) is 6.20 Å². The molecule has 0 unspecified atom stereocenters. The summed E-state index contributed by atoms with van der Waals surface area (Å²) in [5, 5.41) is 19.7. The van der Waals surface area contributed by atoms with Crippen LogP contribution in [0.5, 0.6) is 0 Å². The van der Waals surface area contributed by atoms with Gasteiger partial charge in [0.2, 0.25) is 0 Å². The van der Waals surface area contributed by atoms with E-state index in [0.29, 0.717) is 6.54 Å². The van der Waals surface area contributed by atoms with Gasteiger partial charge < -0.3 is 10.4 Å². The van der Waals surface area contributed by atoms with Crippen LogP contribution in [0.2, 0.25) is 0 Å². The number of hydrogen-bond acceptors (Lipinski definition) is 4. The van der Waals surface area contributed by atoms with Gasteiger partial charge in [0.25, 0.3) is 0 Å². The first-order valence-electron chi connectivity index (χ1n) is 4.45. The van der Waals surface area contributed by atoms with Crippen LogP contribution in [-0.2, 0) is 13.6 Å². The number of aromatic nitrogens is 3. The van der Waals surface area contributed by atoms with Crippen LogP contribution in [0.3, 0.4) is 0 Å². The van der Waals surface area contributed by atoms with Gasteiger partial charge in [-0.3, -0.25) is 4.68 Å². The zero-order valence-electron chi connectivity index (χ0n) is 8.06. The fourth-order valence-electron chi connectivity index (χ4n) is 1.06. The van der Waals surface area contributed by atoms with Crippen LogP contribution in [0.4, 0.5) is 0 Å². The highest BCUT2D eigenvalue weighted by Gasteiger charge is 2.05. The molecule has 0 aromatic carbocycles. The smallest absolute Gasteiger partial charge is 0.0738 e. The molecule has 13 heavy (non-hydrogen) atoms. The van der Waals surface area contributed by atoms with Crippen LogP contribution >= 0.6 is 0 Å². The average molecular weight is 184 g/mol. The Labute approximate surface area is 77.8 Å². The molecule has 0 saturated heterocycles. The first kappa shape index (κ1) is 10.1. The van der Waals surface area contributed by atoms with Gasteiger partial charge in [0, 0.05) is 19.6 Å². The van der Waals surface area contributed by atoms with Crippen LogP contribution < -0.4 is 5.32 Å². The highest BCUT2D eigenvalue weighted by atomic mass is 16.3. The van der Waals surface area contributed by atoms with E-state index in [9.17, 15) is 0 Å². The lowest BCUT2D eigenvalue weighted by Gasteiger charge is -2.13. The van der Waals surface area contributed by atoms with Gasteiger partial charge >= 0.3 is 0 Å². The van der Waals surface area contributed by atoms with Crippen LogP contribution in [-0.4, -0.2) is 32.7 Å². The minimum Gasteiger partial charge on any atom is -0.395 e. The fourth-order valence-corrected chi connectivity index (χ4v) is 1.06. The highest BCUT2D eigenvalue weighted by molar-refractivity contribution is 4.92. The van der Waals surface area contributed by atoms with Crippen molar-refractivity contribution in [2.75, 3.05) is 6.61 Å². The van der Waals surface area contributed by atoms with Crippen molar-refractivity contribution in [1.82, 2.24) is 20.3 Å². The van der Waals surface area contributed by atoms with Crippen LogP contribution in [0, 0.1) is 0 Å². The van der Waals surface area contributed by atoms with Crippen molar-refractivity contribution in [2.45, 2.75) is 25.9 Å². The standard InChI is InChI=1S/C8H16N4O/c1-3-7(6-13)9-4-8-5-10-11-12(8)2/h5,7,9,13H,3-4,6H2,1-2H3/t7-/m0/s1. The molecular formula is C8H16N4O. The number of aliphatic hydroxyl groups is 1. The molecule has 1 atom stereocenters. The van der Waals surface area contributed by atoms with Crippen LogP contribution in [0.25, 0.3) is 0 Å². The maximum Gasteiger partial charge on any atom is 0.0738 e. The van der Waals surface area contributed by atoms with Crippen molar-refractivity contribution in [3.05, 3.63) is 11.9 Å². The summed E-state index contributed by atoms with van der Waals surface area (Å²) in [4.78, 5) is 0. The summed E-state index contributed by atoms with van der Waals surface area (Å²) < 4.78 is 1.72. The summed E-state index contributed by atoms with van der Waals surface area (Å²) >= 11 is 0. The van der Waals surface area contributed by atoms with Crippen molar-refractivity contribution in [1.29, 1.82) is 0 Å². The van der Waals surface area contributed by atoms with Gasteiger partial charge in [0.15, 0.2) is 0 Å². The number of nitrogens with zero attached hydrogens (tertiary/aromatic N) is 3. The predicted molar refractivity (Wildman–Crippen MR) is 49.0 cm³/mol. The number of nitrogens with one attached hydrogen (secondary N) is 1. The largest absolute Gasteiger partial charge is 0.395 e. The van der Waals surface area contributed by atoms with E-state index in [1.165, 1.54) is 0 Å². The summed E-state index contributed by atoms with van der Waals surface area (Å²) in [5.41, 5.74) is 1.02. The number of aliphatic hydroxyl groups excluding tert-OH is 1. The Bertz CT molecular complexity index is 244. The molecule has 0 radical (unpaired) electrons. The second kappa shape index (κ2) is 4.94. The van der Waals surface area contributed by atoms with Gasteiger partial charge in [-0.15, -0.1) is 5.10 Å². The third-order valence-electron chi connectivity index (χ3n) is 2.09. The summed E-state index contributed by atoms with van der Waals surface area (Å²) in [6.45, 7) is 2.90. The van der Waals surface area contributed by atoms with Gasteiger partial charge in [-0.1, -0.05) is 12.1 Å². The molecular weight excluding hydrogens is 168 g/mol. The summed E-state index contributed by atoms with van der Waals surface area (Å²) in [6, 6.07) is 0.162. The molecule has 0 saturated carbocycles. The lowest BCUT2D eigenvalue weighted by molar-refractivity contribution is 0.237. The highest BCUT2D eigenvalue weighted by Crippen LogP contribution is 1.95. The Balaban J connectivity index is 2.38. The Morgan fingerprint density at radius 2 is 2.46 bits per heavy atom. The van der Waals surface area contributed by atoms with Crippen molar-refractivity contribution in [2.24, 2.45) is 7.05 Å². The zero-order valence-corrected chi connectivity index (χ0v) is 8.06. The number of hydrogen-bond donors (Lipinski definition) is 2. The molecule has 0 fully saturated rings. The average Bonchev–Trinajstić information content (AvgIpc) is 2.54. The molecule has 1 rings (SSSR count). The number of rotatable bonds is 5. The Morgan fingerprint density at radius 1 is 1.69 bits per heavy atom. The van der Waals surface area contributed by atoms with E-state index in [1.54, 1.807) is 10.9 Å². The first-order chi connectivity index (χ1) is 6.27. The molecule has 0 aliphatic rings. The van der Waals surface area contributed by atoms with E-state index >= 15 is 0 Å². The third kappa shape index (κ3) is 2.78. The van der Waals surface area contributed by atoms with E-state index in [4.69, 9.17) is 5.11 Å². The molecule has 0 aliphatic carbocycles. The molecule has 1 aromatic rings. The Kier molecular flexibility index (Phi) is 3.85. The lowest BCUT2D eigenvalue weighted by Crippen LogP contribution is -2.31. The van der Waals surface area contributed by atoms with Crippen LogP contribution in [0.1, 0.15) is 19.0 Å². The quantitative estimate of drug-likeness (QED) is 0.658. The monoisotopic (exact) mass is 184 g/mol. The topological polar surface area (TPSA) is 63.0 Å². The fraction of sp³-hybridized carbons (Fsp3) is 0.750. The van der Waals surface area contributed by atoms with Gasteiger partial charge in [-0.25, -0.2) is 0 Å². The maximum atomic E-state index is 8.92. The van der Waals surface area contributed by atoms with Crippen molar-refractivity contribution in [3.63, 3.8) is 0 Å². The second-order valence-corrected chi connectivity index (χ2v) is 3.02. The van der Waals surface area contributed by atoms with Gasteiger partial charge in [-0.05, 0) is 6.42 Å². The third-order valence-corrected chi connectivity index (χ3v) is 2.09. The molecule has 0 spiro atoms. The molecule has 1 heterocycles. The van der Waals surface area contributed by atoms with Crippen molar-refractivity contribution in [3.8, 4) is 0 Å².